The Labute approximate surface area is 72.3 Å². The van der Waals surface area contributed by atoms with E-state index in [9.17, 15) is 30.0 Å². The van der Waals surface area contributed by atoms with Crippen LogP contribution in [0.25, 0.3) is 4.13 Å². The van der Waals surface area contributed by atoms with Crippen LogP contribution in [0.2, 0.25) is 0 Å². The van der Waals surface area contributed by atoms with Crippen LogP contribution in [0.1, 0.15) is 0 Å². The normalized spacial score (nSPS) is 14.1. The highest BCUT2D eigenvalue weighted by atomic mass is 32.3. The Bertz CT molecular complexity index is 391. The van der Waals surface area contributed by atoms with Crippen LogP contribution in [0, 0.1) is 0 Å². The van der Waals surface area contributed by atoms with Gasteiger partial charge < -0.3 is 4.13 Å². The maximum Gasteiger partial charge on any atom is 0.480 e. The van der Waals surface area contributed by atoms with Crippen LogP contribution < -0.4 is 0 Å². The van der Waals surface area contributed by atoms with Gasteiger partial charge in [-0.3, -0.25) is 0 Å². The van der Waals surface area contributed by atoms with Gasteiger partial charge in [0.15, 0.2) is 10.0 Å². The third-order valence-corrected chi connectivity index (χ3v) is 3.33. The lowest BCUT2D eigenvalue weighted by Gasteiger charge is -2.19. The Balaban J connectivity index is 5.08. The molecule has 0 radical (unpaired) electrons. The first-order valence-electron chi connectivity index (χ1n) is 2.45. The van der Waals surface area contributed by atoms with E-state index in [0.717, 1.165) is 0 Å². The minimum Gasteiger partial charge on any atom is -0.425 e. The molecule has 0 bridgehead atoms. The number of rotatable bonds is 3. The summed E-state index contributed by atoms with van der Waals surface area (Å²) in [7, 11) is -10.8. The monoisotopic (exact) mass is 238 g/mol. The van der Waals surface area contributed by atoms with Gasteiger partial charge in [0, 0.05) is 5.41 Å². The molecule has 0 aromatic heterocycles. The largest absolute Gasteiger partial charge is 0.480 e. The van der Waals surface area contributed by atoms with Gasteiger partial charge in [-0.2, -0.15) is 13.2 Å². The van der Waals surface area contributed by atoms with Gasteiger partial charge in [-0.25, -0.2) is 16.8 Å². The number of hydrogen-bond donors (Lipinski definition) is 0. The van der Waals surface area contributed by atoms with Crippen LogP contribution >= 0.6 is 0 Å². The van der Waals surface area contributed by atoms with E-state index in [1.54, 1.807) is 4.13 Å². The molecule has 0 aromatic rings. The highest BCUT2D eigenvalue weighted by Crippen LogP contribution is 2.29. The average molecular weight is 238 g/mol. The summed E-state index contributed by atoms with van der Waals surface area (Å²) in [6, 6.07) is 0. The van der Waals surface area contributed by atoms with E-state index in [4.69, 9.17) is 0 Å². The minimum atomic E-state index is -6.00. The Morgan fingerprint density at radius 1 is 1.15 bits per heavy atom. The van der Waals surface area contributed by atoms with Crippen molar-refractivity contribution in [3.8, 4) is 0 Å². The smallest absolute Gasteiger partial charge is 0.425 e. The van der Waals surface area contributed by atoms with Crippen molar-refractivity contribution in [1.82, 2.24) is 0 Å². The van der Waals surface area contributed by atoms with E-state index in [-0.39, 0.29) is 5.41 Å². The molecule has 5 nitrogen and oxygen atoms in total. The summed E-state index contributed by atoms with van der Waals surface area (Å²) < 4.78 is 77.0. The minimum absolute atomic E-state index is 0.00368. The average Bonchev–Trinajstić information content (AvgIpc) is 1.83. The van der Waals surface area contributed by atoms with Crippen LogP contribution in [0.15, 0.2) is 12.0 Å². The SMILES string of the molecule is C=CS(=O)(=O)[N-]S(=O)(=O)C(F)(F)F. The Kier molecular flexibility index (Phi) is 3.12. The summed E-state index contributed by atoms with van der Waals surface area (Å²) >= 11 is 0. The lowest BCUT2D eigenvalue weighted by molar-refractivity contribution is -0.0425. The maximum absolute atomic E-state index is 11.5. The summed E-state index contributed by atoms with van der Waals surface area (Å²) in [5.74, 6) is 0. The van der Waals surface area contributed by atoms with Gasteiger partial charge in [0.25, 0.3) is 0 Å². The van der Waals surface area contributed by atoms with Crippen LogP contribution in [0.5, 0.6) is 0 Å². The molecule has 0 saturated carbocycles. The molecule has 0 saturated heterocycles. The van der Waals surface area contributed by atoms with Crippen molar-refractivity contribution in [2.75, 3.05) is 0 Å². The van der Waals surface area contributed by atoms with Crippen molar-refractivity contribution in [2.45, 2.75) is 5.51 Å². The second kappa shape index (κ2) is 3.27. The van der Waals surface area contributed by atoms with E-state index >= 15 is 0 Å². The standard InChI is InChI=1S/C3H3F3NO4S2/c1-2-12(8,9)7-13(10,11)3(4,5)6/h2H,1H2/q-1. The van der Waals surface area contributed by atoms with E-state index in [2.05, 4.69) is 6.58 Å². The maximum atomic E-state index is 11.5. The molecule has 0 fully saturated rings. The first kappa shape index (κ1) is 12.4. The highest BCUT2D eigenvalue weighted by molar-refractivity contribution is 8.13. The summed E-state index contributed by atoms with van der Waals surface area (Å²) in [4.78, 5) is 0. The summed E-state index contributed by atoms with van der Waals surface area (Å²) in [6.07, 6.45) is 0. The molecule has 0 amide bonds. The number of sulfonamides is 2. The molecule has 0 unspecified atom stereocenters. The summed E-state index contributed by atoms with van der Waals surface area (Å²) in [5, 5.41) is -0.00368. The molecule has 0 heterocycles. The van der Waals surface area contributed by atoms with E-state index in [1.807, 2.05) is 0 Å². The van der Waals surface area contributed by atoms with Crippen molar-refractivity contribution in [1.29, 1.82) is 0 Å². The van der Waals surface area contributed by atoms with Gasteiger partial charge in [0.2, 0.25) is 0 Å². The number of nitrogens with zero attached hydrogens (tertiary/aromatic N) is 1. The van der Waals surface area contributed by atoms with Crippen LogP contribution in [0.3, 0.4) is 0 Å². The van der Waals surface area contributed by atoms with Gasteiger partial charge >= 0.3 is 5.51 Å². The third kappa shape index (κ3) is 3.32. The van der Waals surface area contributed by atoms with Crippen molar-refractivity contribution in [3.05, 3.63) is 16.1 Å². The molecule has 0 aliphatic carbocycles. The second-order valence-corrected chi connectivity index (χ2v) is 5.05. The van der Waals surface area contributed by atoms with Gasteiger partial charge in [0.1, 0.15) is 10.0 Å². The second-order valence-electron chi connectivity index (χ2n) is 1.68. The van der Waals surface area contributed by atoms with Gasteiger partial charge in [-0.1, -0.05) is 6.58 Å². The molecule has 0 aliphatic rings. The number of halogens is 3. The van der Waals surface area contributed by atoms with Gasteiger partial charge in [-0.05, 0) is 0 Å². The van der Waals surface area contributed by atoms with E-state index in [0.29, 0.717) is 0 Å². The van der Waals surface area contributed by atoms with Crippen molar-refractivity contribution in [3.63, 3.8) is 0 Å². The topological polar surface area (TPSA) is 82.4 Å². The summed E-state index contributed by atoms with van der Waals surface area (Å²) in [5.41, 5.74) is -5.72. The molecular formula is C3H3F3NO4S2-. The van der Waals surface area contributed by atoms with Crippen molar-refractivity contribution in [2.24, 2.45) is 0 Å². The molecule has 0 rings (SSSR count). The molecule has 0 atom stereocenters. The Morgan fingerprint density at radius 3 is 1.77 bits per heavy atom. The lowest BCUT2D eigenvalue weighted by Crippen LogP contribution is -2.23. The fourth-order valence-electron chi connectivity index (χ4n) is 0.209. The molecule has 78 valence electrons. The molecule has 0 aliphatic heterocycles. The predicted molar refractivity (Wildman–Crippen MR) is 37.5 cm³/mol. The first-order valence-corrected chi connectivity index (χ1v) is 5.39. The molecule has 0 aromatic carbocycles. The molecular weight excluding hydrogens is 235 g/mol. The number of hydrogen-bond acceptors (Lipinski definition) is 4. The fraction of sp³-hybridized carbons (Fsp3) is 0.333. The third-order valence-electron chi connectivity index (χ3n) is 0.705. The molecule has 0 spiro atoms. The lowest BCUT2D eigenvalue weighted by atomic mass is 11.3. The Hall–Kier alpha value is -0.610. The molecule has 10 heteroatoms. The fourth-order valence-corrected chi connectivity index (χ4v) is 1.89. The summed E-state index contributed by atoms with van der Waals surface area (Å²) in [6.45, 7) is 2.59. The van der Waals surface area contributed by atoms with Crippen molar-refractivity contribution >= 4 is 20.0 Å². The first-order chi connectivity index (χ1) is 5.52. The zero-order valence-electron chi connectivity index (χ0n) is 5.82. The van der Waals surface area contributed by atoms with Gasteiger partial charge in [0.05, 0.1) is 0 Å². The van der Waals surface area contributed by atoms with Crippen LogP contribution in [-0.2, 0) is 20.0 Å². The predicted octanol–water partition coefficient (Wildman–Crippen LogP) is 0.683. The quantitative estimate of drug-likeness (QED) is 0.724. The molecule has 0 N–H and O–H groups in total. The van der Waals surface area contributed by atoms with Crippen molar-refractivity contribution < 1.29 is 30.0 Å². The zero-order valence-corrected chi connectivity index (χ0v) is 7.45. The molecule has 13 heavy (non-hydrogen) atoms. The van der Waals surface area contributed by atoms with E-state index in [1.165, 1.54) is 0 Å². The van der Waals surface area contributed by atoms with Crippen LogP contribution in [-0.4, -0.2) is 22.3 Å². The van der Waals surface area contributed by atoms with E-state index < -0.39 is 25.6 Å². The zero-order chi connectivity index (χ0) is 10.9. The van der Waals surface area contributed by atoms with Gasteiger partial charge in [-0.15, -0.1) is 0 Å². The Morgan fingerprint density at radius 2 is 1.54 bits per heavy atom. The van der Waals surface area contributed by atoms with Crippen LogP contribution in [0.4, 0.5) is 13.2 Å². The number of alkyl halides is 3. The highest BCUT2D eigenvalue weighted by Gasteiger charge is 2.40.